The monoisotopic (exact) mass is 292 g/mol. The number of rotatable bonds is 7. The maximum atomic E-state index is 12.2. The van der Waals surface area contributed by atoms with Gasteiger partial charge in [0.1, 0.15) is 0 Å². The van der Waals surface area contributed by atoms with Gasteiger partial charge in [0, 0.05) is 19.8 Å². The molecule has 1 unspecified atom stereocenters. The highest BCUT2D eigenvalue weighted by molar-refractivity contribution is 5.82. The van der Waals surface area contributed by atoms with Gasteiger partial charge in [-0.25, -0.2) is 0 Å². The highest BCUT2D eigenvalue weighted by Crippen LogP contribution is 2.16. The molecule has 1 amide bonds. The average molecular weight is 292 g/mol. The third-order valence-corrected chi connectivity index (χ3v) is 3.55. The standard InChI is InChI=1S/C16H24N2O3/c1-3-20-15(21-4-2)11-18-16(19)14-9-12-7-5-6-8-13(12)10-17-14/h5-8,14-15,17H,3-4,9-11H2,1-2H3,(H,18,19). The lowest BCUT2D eigenvalue weighted by molar-refractivity contribution is -0.141. The maximum absolute atomic E-state index is 12.2. The van der Waals surface area contributed by atoms with Crippen LogP contribution in [0.5, 0.6) is 0 Å². The molecule has 5 nitrogen and oxygen atoms in total. The molecular weight excluding hydrogens is 268 g/mol. The van der Waals surface area contributed by atoms with Crippen molar-refractivity contribution in [2.24, 2.45) is 0 Å². The van der Waals surface area contributed by atoms with Gasteiger partial charge in [0.2, 0.25) is 5.91 Å². The largest absolute Gasteiger partial charge is 0.351 e. The zero-order valence-corrected chi connectivity index (χ0v) is 12.7. The third kappa shape index (κ3) is 4.52. The van der Waals surface area contributed by atoms with Crippen LogP contribution in [-0.4, -0.2) is 38.0 Å². The van der Waals surface area contributed by atoms with Crippen LogP contribution >= 0.6 is 0 Å². The Morgan fingerprint density at radius 2 is 1.95 bits per heavy atom. The van der Waals surface area contributed by atoms with Crippen LogP contribution in [0, 0.1) is 0 Å². The van der Waals surface area contributed by atoms with Gasteiger partial charge in [-0.05, 0) is 31.4 Å². The Morgan fingerprint density at radius 1 is 1.29 bits per heavy atom. The lowest BCUT2D eigenvalue weighted by atomic mass is 9.95. The van der Waals surface area contributed by atoms with E-state index in [-0.39, 0.29) is 18.2 Å². The molecular formula is C16H24N2O3. The van der Waals surface area contributed by atoms with Crippen molar-refractivity contribution in [1.29, 1.82) is 0 Å². The average Bonchev–Trinajstić information content (AvgIpc) is 2.52. The maximum Gasteiger partial charge on any atom is 0.237 e. The smallest absolute Gasteiger partial charge is 0.237 e. The lowest BCUT2D eigenvalue weighted by Gasteiger charge is -2.26. The van der Waals surface area contributed by atoms with E-state index in [2.05, 4.69) is 22.8 Å². The Balaban J connectivity index is 1.84. The first-order chi connectivity index (χ1) is 10.2. The van der Waals surface area contributed by atoms with Crippen molar-refractivity contribution in [2.75, 3.05) is 19.8 Å². The summed E-state index contributed by atoms with van der Waals surface area (Å²) in [5.41, 5.74) is 2.51. The van der Waals surface area contributed by atoms with Gasteiger partial charge < -0.3 is 20.1 Å². The molecule has 1 aromatic carbocycles. The zero-order valence-electron chi connectivity index (χ0n) is 12.7. The van der Waals surface area contributed by atoms with Crippen LogP contribution in [0.4, 0.5) is 0 Å². The van der Waals surface area contributed by atoms with Gasteiger partial charge >= 0.3 is 0 Å². The van der Waals surface area contributed by atoms with Gasteiger partial charge in [-0.1, -0.05) is 24.3 Å². The normalized spacial score (nSPS) is 17.6. The predicted octanol–water partition coefficient (Wildman–Crippen LogP) is 1.22. The minimum atomic E-state index is -0.375. The number of hydrogen-bond acceptors (Lipinski definition) is 4. The van der Waals surface area contributed by atoms with Gasteiger partial charge in [-0.15, -0.1) is 0 Å². The summed E-state index contributed by atoms with van der Waals surface area (Å²) < 4.78 is 10.8. The van der Waals surface area contributed by atoms with E-state index in [9.17, 15) is 4.79 Å². The molecule has 1 atom stereocenters. The zero-order chi connectivity index (χ0) is 15.1. The molecule has 0 spiro atoms. The first-order valence-corrected chi connectivity index (χ1v) is 7.55. The van der Waals surface area contributed by atoms with Crippen LogP contribution in [0.15, 0.2) is 24.3 Å². The van der Waals surface area contributed by atoms with E-state index in [0.29, 0.717) is 19.8 Å². The Bertz CT molecular complexity index is 459. The topological polar surface area (TPSA) is 59.6 Å². The summed E-state index contributed by atoms with van der Waals surface area (Å²) in [4.78, 5) is 12.2. The van der Waals surface area contributed by atoms with E-state index in [1.807, 2.05) is 26.0 Å². The first-order valence-electron chi connectivity index (χ1n) is 7.55. The second-order valence-corrected chi connectivity index (χ2v) is 4.99. The fourth-order valence-corrected chi connectivity index (χ4v) is 2.48. The van der Waals surface area contributed by atoms with E-state index in [0.717, 1.165) is 13.0 Å². The number of carbonyl (C=O) groups excluding carboxylic acids is 1. The second-order valence-electron chi connectivity index (χ2n) is 4.99. The summed E-state index contributed by atoms with van der Waals surface area (Å²) >= 11 is 0. The van der Waals surface area contributed by atoms with Crippen LogP contribution in [0.3, 0.4) is 0 Å². The Kier molecular flexibility index (Phi) is 6.17. The van der Waals surface area contributed by atoms with E-state index in [4.69, 9.17) is 9.47 Å². The second kappa shape index (κ2) is 8.12. The molecule has 0 aromatic heterocycles. The van der Waals surface area contributed by atoms with Gasteiger partial charge in [0.25, 0.3) is 0 Å². The van der Waals surface area contributed by atoms with Crippen LogP contribution < -0.4 is 10.6 Å². The number of fused-ring (bicyclic) bond motifs is 1. The summed E-state index contributed by atoms with van der Waals surface area (Å²) in [5, 5.41) is 6.17. The van der Waals surface area contributed by atoms with Gasteiger partial charge in [-0.3, -0.25) is 4.79 Å². The molecule has 1 aromatic rings. The van der Waals surface area contributed by atoms with Crippen molar-refractivity contribution in [3.63, 3.8) is 0 Å². The van der Waals surface area contributed by atoms with Crippen LogP contribution in [0.2, 0.25) is 0 Å². The van der Waals surface area contributed by atoms with E-state index < -0.39 is 0 Å². The number of ether oxygens (including phenoxy) is 2. The molecule has 2 N–H and O–H groups in total. The lowest BCUT2D eigenvalue weighted by Crippen LogP contribution is -2.49. The van der Waals surface area contributed by atoms with Crippen molar-refractivity contribution in [3.8, 4) is 0 Å². The Hall–Kier alpha value is -1.43. The highest BCUT2D eigenvalue weighted by atomic mass is 16.7. The fraction of sp³-hybridized carbons (Fsp3) is 0.562. The molecule has 0 bridgehead atoms. The quantitative estimate of drug-likeness (QED) is 0.742. The Labute approximate surface area is 126 Å². The summed E-state index contributed by atoms with van der Waals surface area (Å²) in [7, 11) is 0. The first kappa shape index (κ1) is 15.9. The van der Waals surface area contributed by atoms with Crippen molar-refractivity contribution in [3.05, 3.63) is 35.4 Å². The highest BCUT2D eigenvalue weighted by Gasteiger charge is 2.24. The molecule has 116 valence electrons. The summed E-state index contributed by atoms with van der Waals surface area (Å²) in [6.45, 7) is 6.06. The molecule has 0 fully saturated rings. The molecule has 1 aliphatic heterocycles. The van der Waals surface area contributed by atoms with Crippen LogP contribution in [0.25, 0.3) is 0 Å². The van der Waals surface area contributed by atoms with Crippen LogP contribution in [0.1, 0.15) is 25.0 Å². The number of carbonyl (C=O) groups is 1. The molecule has 0 aliphatic carbocycles. The molecule has 1 aliphatic rings. The molecule has 5 heteroatoms. The molecule has 21 heavy (non-hydrogen) atoms. The SMILES string of the molecule is CCOC(CNC(=O)C1Cc2ccccc2CN1)OCC. The number of hydrogen-bond donors (Lipinski definition) is 2. The summed E-state index contributed by atoms with van der Waals surface area (Å²) in [5.74, 6) is -0.00564. The van der Waals surface area contributed by atoms with Gasteiger partial charge in [0.05, 0.1) is 12.6 Å². The van der Waals surface area contributed by atoms with E-state index in [1.54, 1.807) is 0 Å². The molecule has 2 rings (SSSR count). The Morgan fingerprint density at radius 3 is 2.62 bits per heavy atom. The third-order valence-electron chi connectivity index (χ3n) is 3.55. The molecule has 1 heterocycles. The van der Waals surface area contributed by atoms with Gasteiger partial charge in [-0.2, -0.15) is 0 Å². The number of nitrogens with one attached hydrogen (secondary N) is 2. The van der Waals surface area contributed by atoms with E-state index in [1.165, 1.54) is 11.1 Å². The van der Waals surface area contributed by atoms with Crippen molar-refractivity contribution in [2.45, 2.75) is 39.1 Å². The molecule has 0 radical (unpaired) electrons. The van der Waals surface area contributed by atoms with Gasteiger partial charge in [0.15, 0.2) is 6.29 Å². The van der Waals surface area contributed by atoms with Crippen molar-refractivity contribution in [1.82, 2.24) is 10.6 Å². The minimum absolute atomic E-state index is 0.00564. The fourth-order valence-electron chi connectivity index (χ4n) is 2.48. The minimum Gasteiger partial charge on any atom is -0.351 e. The molecule has 0 saturated heterocycles. The number of amides is 1. The number of benzene rings is 1. The summed E-state index contributed by atoms with van der Waals surface area (Å²) in [6, 6.07) is 8.02. The van der Waals surface area contributed by atoms with Crippen molar-refractivity contribution >= 4 is 5.91 Å². The summed E-state index contributed by atoms with van der Waals surface area (Å²) in [6.07, 6.45) is 0.343. The van der Waals surface area contributed by atoms with Crippen molar-refractivity contribution < 1.29 is 14.3 Å². The van der Waals surface area contributed by atoms with Crippen LogP contribution in [-0.2, 0) is 27.2 Å². The molecule has 0 saturated carbocycles. The predicted molar refractivity (Wildman–Crippen MR) is 80.8 cm³/mol. The van der Waals surface area contributed by atoms with E-state index >= 15 is 0 Å².